The fraction of sp³-hybridized carbons (Fsp3) is 0.278. The molecule has 0 fully saturated rings. The molecule has 1 aromatic heterocycles. The van der Waals surface area contributed by atoms with E-state index in [1.54, 1.807) is 24.3 Å². The molecule has 0 aliphatic rings. The van der Waals surface area contributed by atoms with E-state index in [0.29, 0.717) is 29.1 Å². The highest BCUT2D eigenvalue weighted by atomic mass is 16.5. The first-order valence-electron chi connectivity index (χ1n) is 7.79. The first-order valence-corrected chi connectivity index (χ1v) is 7.79. The number of H-pyrrole nitrogens is 1. The molecule has 0 radical (unpaired) electrons. The molecular formula is C18H20N2O4. The zero-order valence-electron chi connectivity index (χ0n) is 13.7. The van der Waals surface area contributed by atoms with Gasteiger partial charge in [-0.25, -0.2) is 4.79 Å². The van der Waals surface area contributed by atoms with Crippen LogP contribution in [0.5, 0.6) is 0 Å². The van der Waals surface area contributed by atoms with Crippen molar-refractivity contribution in [3.63, 3.8) is 0 Å². The van der Waals surface area contributed by atoms with Gasteiger partial charge in [0.1, 0.15) is 5.69 Å². The van der Waals surface area contributed by atoms with Gasteiger partial charge in [-0.1, -0.05) is 13.3 Å². The molecule has 0 aliphatic carbocycles. The van der Waals surface area contributed by atoms with Crippen molar-refractivity contribution in [3.8, 4) is 0 Å². The first kappa shape index (κ1) is 17.5. The van der Waals surface area contributed by atoms with Crippen LogP contribution in [0.4, 0.5) is 5.69 Å². The first-order chi connectivity index (χ1) is 11.5. The number of ether oxygens (including phenoxy) is 1. The summed E-state index contributed by atoms with van der Waals surface area (Å²) >= 11 is 0. The third kappa shape index (κ3) is 4.55. The minimum atomic E-state index is -0.378. The topological polar surface area (TPSA) is 88.3 Å². The van der Waals surface area contributed by atoms with Gasteiger partial charge >= 0.3 is 5.97 Å². The molecule has 24 heavy (non-hydrogen) atoms. The van der Waals surface area contributed by atoms with E-state index in [-0.39, 0.29) is 17.7 Å². The summed E-state index contributed by atoms with van der Waals surface area (Å²) in [6, 6.07) is 7.95. The SMILES string of the molecule is CCCCOC(=O)c1ccc(NC(=O)c2cc(C(C)=O)c[nH]2)cc1. The summed E-state index contributed by atoms with van der Waals surface area (Å²) in [6.45, 7) is 3.86. The Kier molecular flexibility index (Phi) is 5.89. The number of ketones is 1. The van der Waals surface area contributed by atoms with Gasteiger partial charge in [0, 0.05) is 17.4 Å². The van der Waals surface area contributed by atoms with E-state index in [0.717, 1.165) is 12.8 Å². The fourth-order valence-electron chi connectivity index (χ4n) is 2.01. The van der Waals surface area contributed by atoms with E-state index in [1.807, 2.05) is 6.92 Å². The van der Waals surface area contributed by atoms with Crippen molar-refractivity contribution < 1.29 is 19.1 Å². The number of carbonyl (C=O) groups is 3. The normalized spacial score (nSPS) is 10.2. The minimum absolute atomic E-state index is 0.115. The van der Waals surface area contributed by atoms with E-state index in [9.17, 15) is 14.4 Å². The Labute approximate surface area is 140 Å². The van der Waals surface area contributed by atoms with Crippen LogP contribution in [-0.2, 0) is 4.74 Å². The Morgan fingerprint density at radius 2 is 1.83 bits per heavy atom. The van der Waals surface area contributed by atoms with Crippen LogP contribution in [0.3, 0.4) is 0 Å². The van der Waals surface area contributed by atoms with Crippen LogP contribution in [-0.4, -0.2) is 29.3 Å². The number of aromatic nitrogens is 1. The molecule has 2 N–H and O–H groups in total. The highest BCUT2D eigenvalue weighted by Crippen LogP contribution is 2.13. The molecule has 2 rings (SSSR count). The van der Waals surface area contributed by atoms with Crippen molar-refractivity contribution in [3.05, 3.63) is 53.3 Å². The van der Waals surface area contributed by atoms with Crippen molar-refractivity contribution in [1.29, 1.82) is 0 Å². The van der Waals surface area contributed by atoms with Gasteiger partial charge in [-0.05, 0) is 43.7 Å². The maximum atomic E-state index is 12.1. The van der Waals surface area contributed by atoms with Gasteiger partial charge in [-0.3, -0.25) is 9.59 Å². The molecule has 0 bridgehead atoms. The third-order valence-corrected chi connectivity index (χ3v) is 3.44. The highest BCUT2D eigenvalue weighted by molar-refractivity contribution is 6.05. The monoisotopic (exact) mass is 328 g/mol. The molecule has 0 spiro atoms. The van der Waals surface area contributed by atoms with Crippen molar-refractivity contribution >= 4 is 23.3 Å². The van der Waals surface area contributed by atoms with Gasteiger partial charge in [0.2, 0.25) is 0 Å². The molecule has 6 heteroatoms. The molecule has 1 heterocycles. The minimum Gasteiger partial charge on any atom is -0.462 e. The van der Waals surface area contributed by atoms with Crippen molar-refractivity contribution in [2.75, 3.05) is 11.9 Å². The van der Waals surface area contributed by atoms with Gasteiger partial charge < -0.3 is 15.0 Å². The van der Waals surface area contributed by atoms with E-state index >= 15 is 0 Å². The number of unbranched alkanes of at least 4 members (excludes halogenated alkanes) is 1. The number of rotatable bonds is 7. The van der Waals surface area contributed by atoms with Gasteiger partial charge in [-0.15, -0.1) is 0 Å². The van der Waals surface area contributed by atoms with Crippen LogP contribution in [0.1, 0.15) is 57.9 Å². The molecule has 1 amide bonds. The summed E-state index contributed by atoms with van der Waals surface area (Å²) in [5.41, 5.74) is 1.72. The van der Waals surface area contributed by atoms with Gasteiger partial charge in [-0.2, -0.15) is 0 Å². The Morgan fingerprint density at radius 1 is 1.12 bits per heavy atom. The number of aromatic amines is 1. The molecule has 1 aromatic carbocycles. The van der Waals surface area contributed by atoms with Crippen LogP contribution in [0.2, 0.25) is 0 Å². The Balaban J connectivity index is 1.96. The number of Topliss-reactive ketones (excluding diaryl/α,β-unsaturated/α-hetero) is 1. The maximum Gasteiger partial charge on any atom is 0.338 e. The van der Waals surface area contributed by atoms with Gasteiger partial charge in [0.25, 0.3) is 5.91 Å². The number of hydrogen-bond acceptors (Lipinski definition) is 4. The Hall–Kier alpha value is -2.89. The molecule has 0 unspecified atom stereocenters. The number of hydrogen-bond donors (Lipinski definition) is 2. The molecule has 0 aliphatic heterocycles. The molecule has 2 aromatic rings. The van der Waals surface area contributed by atoms with Crippen LogP contribution < -0.4 is 5.32 Å². The zero-order valence-corrected chi connectivity index (χ0v) is 13.7. The second kappa shape index (κ2) is 8.10. The average Bonchev–Trinajstić information content (AvgIpc) is 3.06. The van der Waals surface area contributed by atoms with E-state index in [1.165, 1.54) is 19.2 Å². The van der Waals surface area contributed by atoms with E-state index < -0.39 is 0 Å². The average molecular weight is 328 g/mol. The number of carbonyl (C=O) groups excluding carboxylic acids is 3. The molecule has 0 saturated carbocycles. The number of nitrogens with one attached hydrogen (secondary N) is 2. The smallest absolute Gasteiger partial charge is 0.338 e. The number of esters is 1. The predicted octanol–water partition coefficient (Wildman–Crippen LogP) is 3.43. The number of benzene rings is 1. The summed E-state index contributed by atoms with van der Waals surface area (Å²) in [6.07, 6.45) is 3.28. The Morgan fingerprint density at radius 3 is 2.42 bits per heavy atom. The largest absolute Gasteiger partial charge is 0.462 e. The second-order valence-electron chi connectivity index (χ2n) is 5.38. The molecule has 6 nitrogen and oxygen atoms in total. The zero-order chi connectivity index (χ0) is 17.5. The lowest BCUT2D eigenvalue weighted by Crippen LogP contribution is -2.12. The van der Waals surface area contributed by atoms with Crippen molar-refractivity contribution in [2.24, 2.45) is 0 Å². The van der Waals surface area contributed by atoms with Crippen LogP contribution in [0.15, 0.2) is 36.5 Å². The molecule has 0 saturated heterocycles. The highest BCUT2D eigenvalue weighted by Gasteiger charge is 2.12. The van der Waals surface area contributed by atoms with Crippen LogP contribution >= 0.6 is 0 Å². The van der Waals surface area contributed by atoms with Crippen molar-refractivity contribution in [2.45, 2.75) is 26.7 Å². The van der Waals surface area contributed by atoms with Crippen LogP contribution in [0, 0.1) is 0 Å². The lowest BCUT2D eigenvalue weighted by atomic mass is 10.2. The summed E-state index contributed by atoms with van der Waals surface area (Å²) in [5.74, 6) is -0.853. The maximum absolute atomic E-state index is 12.1. The van der Waals surface area contributed by atoms with Gasteiger partial charge in [0.15, 0.2) is 5.78 Å². The second-order valence-corrected chi connectivity index (χ2v) is 5.38. The predicted molar refractivity (Wildman–Crippen MR) is 90.4 cm³/mol. The summed E-state index contributed by atoms with van der Waals surface area (Å²) < 4.78 is 5.12. The fourth-order valence-corrected chi connectivity index (χ4v) is 2.01. The van der Waals surface area contributed by atoms with Crippen molar-refractivity contribution in [1.82, 2.24) is 4.98 Å². The lowest BCUT2D eigenvalue weighted by molar-refractivity contribution is 0.0499. The standard InChI is InChI=1S/C18H20N2O4/c1-3-4-9-24-18(23)13-5-7-15(8-6-13)20-17(22)16-10-14(11-19-16)12(2)21/h5-8,10-11,19H,3-4,9H2,1-2H3,(H,20,22). The van der Waals surface area contributed by atoms with E-state index in [2.05, 4.69) is 10.3 Å². The number of amides is 1. The third-order valence-electron chi connectivity index (χ3n) is 3.44. The molecular weight excluding hydrogens is 308 g/mol. The van der Waals surface area contributed by atoms with Crippen LogP contribution in [0.25, 0.3) is 0 Å². The molecule has 126 valence electrons. The van der Waals surface area contributed by atoms with Gasteiger partial charge in [0.05, 0.1) is 12.2 Å². The summed E-state index contributed by atoms with van der Waals surface area (Å²) in [4.78, 5) is 37.9. The summed E-state index contributed by atoms with van der Waals surface area (Å²) in [7, 11) is 0. The van der Waals surface area contributed by atoms with E-state index in [4.69, 9.17) is 4.74 Å². The Bertz CT molecular complexity index is 732. The summed E-state index contributed by atoms with van der Waals surface area (Å²) in [5, 5.41) is 2.70. The number of anilines is 1. The molecule has 0 atom stereocenters. The lowest BCUT2D eigenvalue weighted by Gasteiger charge is -2.06. The quantitative estimate of drug-likeness (QED) is 0.463.